The van der Waals surface area contributed by atoms with E-state index in [1.807, 2.05) is 36.4 Å². The summed E-state index contributed by atoms with van der Waals surface area (Å²) in [5.41, 5.74) is 8.62. The first-order valence-corrected chi connectivity index (χ1v) is 11.3. The number of nitrogens with two attached hydrogens (primary N) is 1. The lowest BCUT2D eigenvalue weighted by Crippen LogP contribution is -2.29. The average Bonchev–Trinajstić information content (AvgIpc) is 3.22. The highest BCUT2D eigenvalue weighted by atomic mass is 19.1. The zero-order valence-corrected chi connectivity index (χ0v) is 19.5. The maximum atomic E-state index is 15.7. The third kappa shape index (κ3) is 4.09. The first kappa shape index (κ1) is 23.3. The van der Waals surface area contributed by atoms with Crippen molar-refractivity contribution in [2.45, 2.75) is 32.2 Å². The van der Waals surface area contributed by atoms with Crippen LogP contribution in [0.25, 0.3) is 22.4 Å². The van der Waals surface area contributed by atoms with E-state index in [4.69, 9.17) is 20.2 Å². The Morgan fingerprint density at radius 2 is 1.82 bits per heavy atom. The highest BCUT2D eigenvalue weighted by molar-refractivity contribution is 5.89. The number of halogens is 1. The Balaban J connectivity index is 2.02. The molecule has 0 saturated heterocycles. The summed E-state index contributed by atoms with van der Waals surface area (Å²) in [5.74, 6) is 0.307. The van der Waals surface area contributed by atoms with Gasteiger partial charge in [0.05, 0.1) is 30.8 Å². The molecule has 0 aliphatic heterocycles. The lowest BCUT2D eigenvalue weighted by molar-refractivity contribution is -0.120. The van der Waals surface area contributed by atoms with Gasteiger partial charge in [-0.05, 0) is 42.7 Å². The number of rotatable bonds is 9. The molecule has 7 heteroatoms. The van der Waals surface area contributed by atoms with Crippen LogP contribution in [0.5, 0.6) is 11.5 Å². The van der Waals surface area contributed by atoms with Crippen molar-refractivity contribution < 1.29 is 18.7 Å². The summed E-state index contributed by atoms with van der Waals surface area (Å²) in [5, 5.41) is 0. The predicted molar refractivity (Wildman–Crippen MR) is 131 cm³/mol. The molecule has 0 bridgehead atoms. The number of hydrogen-bond acceptors (Lipinski definition) is 4. The Bertz CT molecular complexity index is 1330. The molecule has 4 aromatic rings. The number of aromatic nitrogens is 2. The summed E-state index contributed by atoms with van der Waals surface area (Å²) < 4.78 is 28.5. The maximum Gasteiger partial charge on any atom is 0.245 e. The van der Waals surface area contributed by atoms with Crippen molar-refractivity contribution in [1.29, 1.82) is 0 Å². The Morgan fingerprint density at radius 3 is 2.53 bits per heavy atom. The van der Waals surface area contributed by atoms with Gasteiger partial charge in [0.2, 0.25) is 5.91 Å². The number of primary amides is 1. The van der Waals surface area contributed by atoms with Crippen LogP contribution >= 0.6 is 0 Å². The fraction of sp³-hybridized carbons (Fsp3) is 0.259. The molecule has 0 radical (unpaired) electrons. The zero-order chi connectivity index (χ0) is 24.2. The lowest BCUT2D eigenvalue weighted by atomic mass is 9.98. The number of methoxy groups -OCH3 is 2. The van der Waals surface area contributed by atoms with Crippen molar-refractivity contribution in [3.63, 3.8) is 0 Å². The molecular weight excluding hydrogens is 433 g/mol. The Labute approximate surface area is 198 Å². The smallest absolute Gasteiger partial charge is 0.245 e. The third-order valence-electron chi connectivity index (χ3n) is 5.97. The second-order valence-corrected chi connectivity index (χ2v) is 8.06. The molecule has 0 aliphatic carbocycles. The lowest BCUT2D eigenvalue weighted by Gasteiger charge is -2.22. The number of unbranched alkanes of at least 4 members (excludes halogenated alkanes) is 1. The average molecular weight is 462 g/mol. The van der Waals surface area contributed by atoms with Crippen molar-refractivity contribution in [2.24, 2.45) is 5.73 Å². The van der Waals surface area contributed by atoms with Crippen molar-refractivity contribution in [3.8, 4) is 22.9 Å². The van der Waals surface area contributed by atoms with Gasteiger partial charge in [0.1, 0.15) is 17.7 Å². The van der Waals surface area contributed by atoms with Gasteiger partial charge in [-0.2, -0.15) is 0 Å². The summed E-state index contributed by atoms with van der Waals surface area (Å²) in [4.78, 5) is 17.7. The van der Waals surface area contributed by atoms with Crippen LogP contribution in [0.3, 0.4) is 0 Å². The fourth-order valence-corrected chi connectivity index (χ4v) is 4.35. The van der Waals surface area contributed by atoms with Gasteiger partial charge in [-0.3, -0.25) is 4.79 Å². The Morgan fingerprint density at radius 1 is 1.06 bits per heavy atom. The van der Waals surface area contributed by atoms with Crippen LogP contribution in [-0.2, 0) is 11.2 Å². The number of nitrogens with zero attached hydrogens (tertiary/aromatic N) is 2. The van der Waals surface area contributed by atoms with Crippen LogP contribution in [0, 0.1) is 5.82 Å². The SMILES string of the molecule is CCCCc1cccc(C(C(N)=O)n2c(-c3cccc(OC)c3OC)nc3ccccc32)c1F. The molecule has 0 spiro atoms. The van der Waals surface area contributed by atoms with Crippen molar-refractivity contribution in [1.82, 2.24) is 9.55 Å². The van der Waals surface area contributed by atoms with Gasteiger partial charge in [-0.1, -0.05) is 49.7 Å². The first-order chi connectivity index (χ1) is 16.5. The van der Waals surface area contributed by atoms with E-state index < -0.39 is 17.8 Å². The van der Waals surface area contributed by atoms with E-state index in [1.54, 1.807) is 35.9 Å². The number of benzene rings is 3. The van der Waals surface area contributed by atoms with E-state index in [1.165, 1.54) is 7.11 Å². The van der Waals surface area contributed by atoms with Crippen molar-refractivity contribution in [2.75, 3.05) is 14.2 Å². The van der Waals surface area contributed by atoms with Gasteiger partial charge in [0, 0.05) is 5.56 Å². The predicted octanol–water partition coefficient (Wildman–Crippen LogP) is 5.28. The quantitative estimate of drug-likeness (QED) is 0.368. The molecule has 176 valence electrons. The molecule has 1 amide bonds. The van der Waals surface area contributed by atoms with E-state index in [9.17, 15) is 4.79 Å². The minimum Gasteiger partial charge on any atom is -0.493 e. The molecule has 2 N–H and O–H groups in total. The molecule has 0 fully saturated rings. The van der Waals surface area contributed by atoms with Gasteiger partial charge in [-0.25, -0.2) is 9.37 Å². The van der Waals surface area contributed by atoms with E-state index in [-0.39, 0.29) is 5.56 Å². The summed E-state index contributed by atoms with van der Waals surface area (Å²) in [6.07, 6.45) is 2.37. The number of carbonyl (C=O) groups is 1. The number of carbonyl (C=O) groups excluding carboxylic acids is 1. The molecular formula is C27H28FN3O3. The summed E-state index contributed by atoms with van der Waals surface area (Å²) in [7, 11) is 3.09. The van der Waals surface area contributed by atoms with Crippen LogP contribution in [0.4, 0.5) is 4.39 Å². The van der Waals surface area contributed by atoms with Gasteiger partial charge in [0.25, 0.3) is 0 Å². The number of ether oxygens (including phenoxy) is 2. The van der Waals surface area contributed by atoms with Crippen LogP contribution in [0.1, 0.15) is 36.9 Å². The maximum absolute atomic E-state index is 15.7. The second-order valence-electron chi connectivity index (χ2n) is 8.06. The molecule has 1 aromatic heterocycles. The van der Waals surface area contributed by atoms with Gasteiger partial charge in [0.15, 0.2) is 11.5 Å². The number of para-hydroxylation sites is 3. The normalized spacial score (nSPS) is 12.0. The van der Waals surface area contributed by atoms with Gasteiger partial charge < -0.3 is 19.8 Å². The van der Waals surface area contributed by atoms with E-state index in [0.717, 1.165) is 12.8 Å². The minimum atomic E-state index is -1.11. The molecule has 1 heterocycles. The monoisotopic (exact) mass is 461 g/mol. The molecule has 3 aromatic carbocycles. The highest BCUT2D eigenvalue weighted by Crippen LogP contribution is 2.41. The third-order valence-corrected chi connectivity index (χ3v) is 5.97. The molecule has 0 saturated carbocycles. The summed E-state index contributed by atoms with van der Waals surface area (Å²) in [6.45, 7) is 2.05. The van der Waals surface area contributed by atoms with Gasteiger partial charge in [-0.15, -0.1) is 0 Å². The fourth-order valence-electron chi connectivity index (χ4n) is 4.35. The standard InChI is InChI=1S/C27H28FN3O3/c1-4-5-10-17-11-8-12-18(23(17)28)24(26(29)32)31-21-15-7-6-14-20(21)30-27(31)19-13-9-16-22(33-2)25(19)34-3/h6-9,11-16,24H,4-5,10H2,1-3H3,(H2,29,32). The van der Waals surface area contributed by atoms with Gasteiger partial charge >= 0.3 is 0 Å². The summed E-state index contributed by atoms with van der Waals surface area (Å²) in [6, 6.07) is 16.8. The molecule has 1 atom stereocenters. The highest BCUT2D eigenvalue weighted by Gasteiger charge is 2.30. The van der Waals surface area contributed by atoms with E-state index >= 15 is 4.39 Å². The van der Waals surface area contributed by atoms with Crippen molar-refractivity contribution >= 4 is 16.9 Å². The Kier molecular flexibility index (Phi) is 6.82. The number of fused-ring (bicyclic) bond motifs is 1. The molecule has 34 heavy (non-hydrogen) atoms. The zero-order valence-electron chi connectivity index (χ0n) is 19.5. The number of hydrogen-bond donors (Lipinski definition) is 1. The van der Waals surface area contributed by atoms with Crippen LogP contribution < -0.4 is 15.2 Å². The molecule has 6 nitrogen and oxygen atoms in total. The largest absolute Gasteiger partial charge is 0.493 e. The van der Waals surface area contributed by atoms with Crippen LogP contribution in [0.2, 0.25) is 0 Å². The second kappa shape index (κ2) is 9.95. The minimum absolute atomic E-state index is 0.215. The van der Waals surface area contributed by atoms with Crippen molar-refractivity contribution in [3.05, 3.63) is 77.6 Å². The Hall–Kier alpha value is -3.87. The first-order valence-electron chi connectivity index (χ1n) is 11.3. The topological polar surface area (TPSA) is 79.4 Å². The molecule has 4 rings (SSSR count). The van der Waals surface area contributed by atoms with E-state index in [0.29, 0.717) is 45.9 Å². The molecule has 0 aliphatic rings. The van der Waals surface area contributed by atoms with Crippen LogP contribution in [-0.4, -0.2) is 29.7 Å². The van der Waals surface area contributed by atoms with Crippen LogP contribution in [0.15, 0.2) is 60.7 Å². The number of aryl methyl sites for hydroxylation is 1. The van der Waals surface area contributed by atoms with E-state index in [2.05, 4.69) is 6.92 Å². The molecule has 1 unspecified atom stereocenters. The number of amides is 1. The summed E-state index contributed by atoms with van der Waals surface area (Å²) >= 11 is 0. The number of imidazole rings is 1.